The highest BCUT2D eigenvalue weighted by Crippen LogP contribution is 2.24. The van der Waals surface area contributed by atoms with Crippen molar-refractivity contribution in [2.45, 2.75) is 0 Å². The number of nitrogens with one attached hydrogen (secondary N) is 4. The van der Waals surface area contributed by atoms with Crippen LogP contribution in [0.15, 0.2) is 72.8 Å². The molecule has 6 aromatic rings. The minimum atomic E-state index is -0.0444. The van der Waals surface area contributed by atoms with Crippen LogP contribution in [0.2, 0.25) is 0 Å². The van der Waals surface area contributed by atoms with Crippen molar-refractivity contribution in [3.63, 3.8) is 0 Å². The lowest BCUT2D eigenvalue weighted by Crippen LogP contribution is -2.10. The Labute approximate surface area is 327 Å². The van der Waals surface area contributed by atoms with Crippen LogP contribution < -0.4 is 10.4 Å². The van der Waals surface area contributed by atoms with E-state index in [1.807, 2.05) is 134 Å². The van der Waals surface area contributed by atoms with Crippen LogP contribution in [0.4, 0.5) is 0 Å². The molecule has 0 radical (unpaired) electrons. The summed E-state index contributed by atoms with van der Waals surface area (Å²) in [7, 11) is 0. The number of fused-ring (bicyclic) bond motifs is 16. The van der Waals surface area contributed by atoms with E-state index in [1.165, 1.54) is 0 Å². The summed E-state index contributed by atoms with van der Waals surface area (Å²) in [5.74, 6) is 0. The first-order valence-electron chi connectivity index (χ1n) is 18.0. The summed E-state index contributed by atoms with van der Waals surface area (Å²) in [5.41, 5.74) is 10.8. The molecule has 10 heterocycles. The zero-order chi connectivity index (χ0) is 39.3. The standard InChI is InChI=1S/C46H24N12/c47-21-25(22-48)43-35-9-1-27(51-35)17-31-5-13-39(55-31)45(40-14-6-32(56-40)18-28-2-10-36(43)52-28)46-41-15-7-33(57-41)19-29-3-11-37(53-29)44(26(23-49)24-50)38-12-4-30(54-38)20-34-8-16-42(46)58-34/h1-20,51,53,56,58H/b28-18?,30-20?,31-17?,33-19?,46-45+. The van der Waals surface area contributed by atoms with Crippen LogP contribution in [0.25, 0.3) is 104 Å². The Bertz CT molecular complexity index is 3460. The molecule has 0 spiro atoms. The van der Waals surface area contributed by atoms with Crippen LogP contribution in [0.5, 0.6) is 0 Å². The molecule has 4 aliphatic rings. The average Bonchev–Trinajstić information content (AvgIpc) is 4.08. The molecule has 0 fully saturated rings. The zero-order valence-corrected chi connectivity index (χ0v) is 30.1. The van der Waals surface area contributed by atoms with Gasteiger partial charge in [0.05, 0.1) is 67.0 Å². The molecule has 0 saturated heterocycles. The molecular weight excluding hydrogens is 721 g/mol. The van der Waals surface area contributed by atoms with E-state index in [2.05, 4.69) is 19.9 Å². The minimum absolute atomic E-state index is 0.0444. The first-order chi connectivity index (χ1) is 28.5. The fourth-order valence-corrected chi connectivity index (χ4v) is 7.47. The van der Waals surface area contributed by atoms with Crippen LogP contribution in [0.1, 0.15) is 45.6 Å². The summed E-state index contributed by atoms with van der Waals surface area (Å²) in [4.78, 5) is 33.8. The molecule has 0 amide bonds. The lowest BCUT2D eigenvalue weighted by Gasteiger charge is -1.96. The summed E-state index contributed by atoms with van der Waals surface area (Å²) >= 11 is 0. The van der Waals surface area contributed by atoms with E-state index >= 15 is 0 Å². The maximum absolute atomic E-state index is 9.85. The fourth-order valence-electron chi connectivity index (χ4n) is 7.47. The first kappa shape index (κ1) is 33.5. The number of hydrogen-bond donors (Lipinski definition) is 4. The van der Waals surface area contributed by atoms with Gasteiger partial charge in [0.25, 0.3) is 0 Å². The van der Waals surface area contributed by atoms with E-state index < -0.39 is 0 Å². The monoisotopic (exact) mass is 744 g/mol. The number of nitriles is 4. The molecule has 268 valence electrons. The number of nitrogens with zero attached hydrogens (tertiary/aromatic N) is 8. The highest BCUT2D eigenvalue weighted by molar-refractivity contribution is 5.86. The van der Waals surface area contributed by atoms with Gasteiger partial charge in [0.1, 0.15) is 35.4 Å². The van der Waals surface area contributed by atoms with Crippen LogP contribution in [0, 0.1) is 55.8 Å². The van der Waals surface area contributed by atoms with Crippen molar-refractivity contribution in [2.75, 3.05) is 0 Å². The molecule has 12 nitrogen and oxygen atoms in total. The van der Waals surface area contributed by atoms with Crippen molar-refractivity contribution in [2.24, 2.45) is 0 Å². The molecule has 4 aliphatic heterocycles. The van der Waals surface area contributed by atoms with Gasteiger partial charge in [-0.25, -0.2) is 19.9 Å². The number of H-pyrrole nitrogens is 4. The smallest absolute Gasteiger partial charge is 0.141 e. The molecule has 0 aliphatic carbocycles. The van der Waals surface area contributed by atoms with Gasteiger partial charge in [0.2, 0.25) is 0 Å². The van der Waals surface area contributed by atoms with Gasteiger partial charge >= 0.3 is 0 Å². The highest BCUT2D eigenvalue weighted by atomic mass is 14.8. The third-order valence-electron chi connectivity index (χ3n) is 9.99. The van der Waals surface area contributed by atoms with Crippen molar-refractivity contribution in [3.8, 4) is 24.3 Å². The van der Waals surface area contributed by atoms with Gasteiger partial charge in [-0.15, -0.1) is 0 Å². The minimum Gasteiger partial charge on any atom is -0.355 e. The topological polar surface area (TPSA) is 210 Å². The maximum atomic E-state index is 9.85. The molecule has 12 heteroatoms. The van der Waals surface area contributed by atoms with Gasteiger partial charge in [-0.05, 0) is 121 Å². The van der Waals surface area contributed by atoms with Gasteiger partial charge in [0.15, 0.2) is 0 Å². The quantitative estimate of drug-likeness (QED) is 0.123. The number of hydrogen-bond acceptors (Lipinski definition) is 8. The molecule has 0 aromatic carbocycles. The summed E-state index contributed by atoms with van der Waals surface area (Å²) in [6.45, 7) is 0. The Balaban J connectivity index is 1.38. The number of aromatic nitrogens is 8. The second kappa shape index (κ2) is 13.3. The Morgan fingerprint density at radius 1 is 0.362 bits per heavy atom. The van der Waals surface area contributed by atoms with Crippen LogP contribution >= 0.6 is 0 Å². The van der Waals surface area contributed by atoms with Crippen molar-refractivity contribution >= 4 is 104 Å². The average molecular weight is 745 g/mol. The Kier molecular flexibility index (Phi) is 7.69. The van der Waals surface area contributed by atoms with E-state index in [1.54, 1.807) is 12.2 Å². The van der Waals surface area contributed by atoms with E-state index in [4.69, 9.17) is 19.9 Å². The largest absolute Gasteiger partial charge is 0.355 e. The van der Waals surface area contributed by atoms with Crippen molar-refractivity contribution < 1.29 is 0 Å². The summed E-state index contributed by atoms with van der Waals surface area (Å²) < 4.78 is 0. The number of rotatable bonds is 0. The molecule has 4 N–H and O–H groups in total. The maximum Gasteiger partial charge on any atom is 0.141 e. The normalized spacial score (nSPS) is 12.8. The Morgan fingerprint density at radius 3 is 1.00 bits per heavy atom. The van der Waals surface area contributed by atoms with E-state index in [0.717, 1.165) is 43.5 Å². The third-order valence-corrected chi connectivity index (χ3v) is 9.99. The third kappa shape index (κ3) is 5.77. The van der Waals surface area contributed by atoms with Gasteiger partial charge in [-0.3, -0.25) is 0 Å². The predicted molar refractivity (Wildman–Crippen MR) is 224 cm³/mol. The molecule has 0 saturated carbocycles. The van der Waals surface area contributed by atoms with Crippen molar-refractivity contribution in [1.82, 2.24) is 39.9 Å². The zero-order valence-electron chi connectivity index (χ0n) is 30.1. The van der Waals surface area contributed by atoms with Crippen LogP contribution in [0.3, 0.4) is 0 Å². The fraction of sp³-hybridized carbons (Fsp3) is 0. The van der Waals surface area contributed by atoms with Gasteiger partial charge in [0, 0.05) is 43.5 Å². The van der Waals surface area contributed by atoms with E-state index in [9.17, 15) is 21.0 Å². The second-order valence-corrected chi connectivity index (χ2v) is 13.6. The lowest BCUT2D eigenvalue weighted by molar-refractivity contribution is 1.25. The molecule has 16 bridgehead atoms. The molecular formula is C46H24N12. The second-order valence-electron chi connectivity index (χ2n) is 13.6. The van der Waals surface area contributed by atoms with E-state index in [-0.39, 0.29) is 11.1 Å². The van der Waals surface area contributed by atoms with Crippen LogP contribution in [-0.2, 0) is 0 Å². The first-order valence-corrected chi connectivity index (χ1v) is 18.0. The molecule has 10 rings (SSSR count). The molecule has 0 atom stereocenters. The molecule has 58 heavy (non-hydrogen) atoms. The van der Waals surface area contributed by atoms with Crippen molar-refractivity contribution in [1.29, 1.82) is 21.0 Å². The van der Waals surface area contributed by atoms with Gasteiger partial charge < -0.3 is 19.9 Å². The van der Waals surface area contributed by atoms with Crippen molar-refractivity contribution in [3.05, 3.63) is 139 Å². The van der Waals surface area contributed by atoms with Gasteiger partial charge in [-0.1, -0.05) is 0 Å². The Morgan fingerprint density at radius 2 is 0.655 bits per heavy atom. The predicted octanol–water partition coefficient (Wildman–Crippen LogP) is 7.31. The molecule has 6 aromatic heterocycles. The van der Waals surface area contributed by atoms with E-state index in [0.29, 0.717) is 67.0 Å². The highest BCUT2D eigenvalue weighted by Gasteiger charge is 2.13. The number of aromatic amines is 4. The summed E-state index contributed by atoms with van der Waals surface area (Å²) in [6, 6.07) is 31.1. The lowest BCUT2D eigenvalue weighted by atomic mass is 10.1. The SMILES string of the molecule is N#CC(C#N)=c1c2nc(cc3ccc([nH]3)/c(=c3\c4nc(cc5ccc([nH]5)c(=C(C#N)C#N)c5nc(cc6ccc3[nH]6)C=C5)C=C4)c3nc(cc4ccc1[nH]4)C=C3)C=C2. The Hall–Kier alpha value is -9.10. The summed E-state index contributed by atoms with van der Waals surface area (Å²) in [5, 5.41) is 41.8. The van der Waals surface area contributed by atoms with Gasteiger partial charge in [-0.2, -0.15) is 21.0 Å². The molecule has 0 unspecified atom stereocenters. The van der Waals surface area contributed by atoms with Crippen LogP contribution in [-0.4, -0.2) is 39.9 Å². The summed E-state index contributed by atoms with van der Waals surface area (Å²) in [6.07, 6.45) is 15.1.